The summed E-state index contributed by atoms with van der Waals surface area (Å²) in [5, 5.41) is 20.6. The van der Waals surface area contributed by atoms with Crippen LogP contribution in [0.25, 0.3) is 0 Å². The zero-order chi connectivity index (χ0) is 21.8. The van der Waals surface area contributed by atoms with E-state index < -0.39 is 41.5 Å². The molecular formula is C20H24N2O7S. The molecule has 2 heterocycles. The first kappa shape index (κ1) is 22.3. The van der Waals surface area contributed by atoms with Crippen LogP contribution in [0.3, 0.4) is 0 Å². The number of hydrogen-bond acceptors (Lipinski definition) is 7. The van der Waals surface area contributed by atoms with Gasteiger partial charge in [0, 0.05) is 0 Å². The molecule has 0 aliphatic carbocycles. The van der Waals surface area contributed by atoms with E-state index in [0.717, 1.165) is 28.6 Å². The van der Waals surface area contributed by atoms with E-state index in [1.54, 1.807) is 24.3 Å². The molecule has 0 bridgehead atoms. The Hall–Kier alpha value is -2.43. The molecule has 9 nitrogen and oxygen atoms in total. The third-order valence-corrected chi connectivity index (χ3v) is 6.37. The predicted octanol–water partition coefficient (Wildman–Crippen LogP) is 0.155. The second-order valence-corrected chi connectivity index (χ2v) is 8.45. The minimum Gasteiger partial charge on any atom is -0.478 e. The number of likely N-dealkylation sites (tertiary alicyclic amines) is 1. The number of ketones is 1. The van der Waals surface area contributed by atoms with Gasteiger partial charge in [0.2, 0.25) is 12.1 Å². The van der Waals surface area contributed by atoms with Crippen LogP contribution in [0.2, 0.25) is 0 Å². The lowest BCUT2D eigenvalue weighted by atomic mass is 10.1. The van der Waals surface area contributed by atoms with Crippen molar-refractivity contribution in [1.29, 1.82) is 0 Å². The quantitative estimate of drug-likeness (QED) is 0.466. The van der Waals surface area contributed by atoms with E-state index in [4.69, 9.17) is 9.84 Å². The van der Waals surface area contributed by atoms with Crippen molar-refractivity contribution in [3.05, 3.63) is 35.9 Å². The summed E-state index contributed by atoms with van der Waals surface area (Å²) in [7, 11) is 0. The number of Topliss-reactive ketones (excluding diaryl/α,β-unsaturated/α-hetero) is 1. The normalized spacial score (nSPS) is 26.7. The van der Waals surface area contributed by atoms with E-state index in [9.17, 15) is 24.3 Å². The molecule has 1 aromatic carbocycles. The number of aliphatic hydroxyl groups excluding tert-OH is 1. The molecule has 0 saturated carbocycles. The third-order valence-electron chi connectivity index (χ3n) is 5.08. The second kappa shape index (κ2) is 9.59. The van der Waals surface area contributed by atoms with E-state index in [1.807, 2.05) is 13.0 Å². The Morgan fingerprint density at radius 2 is 1.97 bits per heavy atom. The number of benzene rings is 1. The maximum atomic E-state index is 12.4. The fraction of sp³-hybridized carbons (Fsp3) is 0.500. The van der Waals surface area contributed by atoms with E-state index >= 15 is 0 Å². The Morgan fingerprint density at radius 1 is 1.27 bits per heavy atom. The highest BCUT2D eigenvalue weighted by atomic mass is 32.2. The largest absolute Gasteiger partial charge is 0.478 e. The average molecular weight is 436 g/mol. The molecule has 0 aromatic heterocycles. The Balaban J connectivity index is 1.63. The number of aliphatic carboxylic acids is 1. The third kappa shape index (κ3) is 5.00. The number of amides is 2. The topological polar surface area (TPSA) is 133 Å². The first-order valence-electron chi connectivity index (χ1n) is 9.64. The molecule has 0 radical (unpaired) electrons. The monoisotopic (exact) mass is 436 g/mol. The van der Waals surface area contributed by atoms with Gasteiger partial charge in [-0.1, -0.05) is 30.3 Å². The van der Waals surface area contributed by atoms with Crippen LogP contribution < -0.4 is 5.32 Å². The highest BCUT2D eigenvalue weighted by Gasteiger charge is 2.53. The van der Waals surface area contributed by atoms with Crippen molar-refractivity contribution < 1.29 is 34.1 Å². The SMILES string of the molecule is CC1CCC(C(=O)CS[C@@H]2[C@H](NC(=O)Cc3ccccc3)C(=O)N2C(O)C(=O)O)O1. The number of carboxylic acids is 1. The lowest BCUT2D eigenvalue weighted by Gasteiger charge is -2.47. The summed E-state index contributed by atoms with van der Waals surface area (Å²) in [5.74, 6) is -2.88. The van der Waals surface area contributed by atoms with E-state index in [0.29, 0.717) is 6.42 Å². The molecule has 5 atom stereocenters. The summed E-state index contributed by atoms with van der Waals surface area (Å²) in [4.78, 5) is 49.1. The summed E-state index contributed by atoms with van der Waals surface area (Å²) in [6, 6.07) is 7.93. The molecule has 10 heteroatoms. The standard InChI is InChI=1S/C20H24N2O7S/c1-11-7-8-14(29-11)13(23)10-30-19-16(17(25)22(19)18(26)20(27)28)21-15(24)9-12-5-3-2-4-6-12/h2-6,11,14,16,18-19,26H,7-10H2,1H3,(H,21,24)(H,27,28)/t11?,14?,16-,18?,19-/m1/s1. The molecule has 2 fully saturated rings. The first-order valence-corrected chi connectivity index (χ1v) is 10.7. The van der Waals surface area contributed by atoms with Crippen molar-refractivity contribution in [3.63, 3.8) is 0 Å². The number of hydrogen-bond donors (Lipinski definition) is 3. The van der Waals surface area contributed by atoms with Gasteiger partial charge in [0.05, 0.1) is 18.3 Å². The van der Waals surface area contributed by atoms with Gasteiger partial charge in [0.1, 0.15) is 17.5 Å². The Bertz CT molecular complexity index is 819. The van der Waals surface area contributed by atoms with Crippen LogP contribution in [0.5, 0.6) is 0 Å². The van der Waals surface area contributed by atoms with Gasteiger partial charge in [-0.25, -0.2) is 4.79 Å². The lowest BCUT2D eigenvalue weighted by Crippen LogP contribution is -2.73. The van der Waals surface area contributed by atoms with Crippen LogP contribution >= 0.6 is 11.8 Å². The fourth-order valence-corrected chi connectivity index (χ4v) is 4.76. The van der Waals surface area contributed by atoms with Gasteiger partial charge < -0.3 is 20.3 Å². The predicted molar refractivity (Wildman–Crippen MR) is 107 cm³/mol. The second-order valence-electron chi connectivity index (χ2n) is 7.35. The van der Waals surface area contributed by atoms with Crippen molar-refractivity contribution in [3.8, 4) is 0 Å². The number of ether oxygens (including phenoxy) is 1. The number of carboxylic acid groups (broad SMARTS) is 1. The van der Waals surface area contributed by atoms with Gasteiger partial charge >= 0.3 is 5.97 Å². The number of carbonyl (C=O) groups excluding carboxylic acids is 3. The van der Waals surface area contributed by atoms with Gasteiger partial charge in [-0.3, -0.25) is 19.3 Å². The lowest BCUT2D eigenvalue weighted by molar-refractivity contribution is -0.178. The number of thioether (sulfide) groups is 1. The van der Waals surface area contributed by atoms with Gasteiger partial charge in [0.15, 0.2) is 5.78 Å². The minimum absolute atomic E-state index is 0.00425. The first-order chi connectivity index (χ1) is 14.3. The zero-order valence-corrected chi connectivity index (χ0v) is 17.2. The van der Waals surface area contributed by atoms with Gasteiger partial charge in [-0.2, -0.15) is 0 Å². The van der Waals surface area contributed by atoms with Crippen LogP contribution in [-0.4, -0.2) is 74.3 Å². The van der Waals surface area contributed by atoms with Crippen molar-refractivity contribution in [2.24, 2.45) is 0 Å². The molecule has 1 aromatic rings. The summed E-state index contributed by atoms with van der Waals surface area (Å²) in [6.45, 7) is 1.88. The Morgan fingerprint density at radius 3 is 2.57 bits per heavy atom. The van der Waals surface area contributed by atoms with Crippen LogP contribution in [0.15, 0.2) is 30.3 Å². The number of rotatable bonds is 9. The molecule has 162 valence electrons. The number of carbonyl (C=O) groups is 4. The zero-order valence-electron chi connectivity index (χ0n) is 16.4. The van der Waals surface area contributed by atoms with Crippen molar-refractivity contribution in [1.82, 2.24) is 10.2 Å². The maximum Gasteiger partial charge on any atom is 0.354 e. The summed E-state index contributed by atoms with van der Waals surface area (Å²) in [5.41, 5.74) is 0.760. The van der Waals surface area contributed by atoms with Gasteiger partial charge in [-0.05, 0) is 25.3 Å². The molecular weight excluding hydrogens is 412 g/mol. The van der Waals surface area contributed by atoms with Crippen LogP contribution in [0.4, 0.5) is 0 Å². The van der Waals surface area contributed by atoms with E-state index in [-0.39, 0.29) is 24.1 Å². The smallest absolute Gasteiger partial charge is 0.354 e. The van der Waals surface area contributed by atoms with Crippen LogP contribution in [0.1, 0.15) is 25.3 Å². The summed E-state index contributed by atoms with van der Waals surface area (Å²) >= 11 is 1.01. The van der Waals surface area contributed by atoms with Gasteiger partial charge in [-0.15, -0.1) is 11.8 Å². The molecule has 3 rings (SSSR count). The molecule has 2 aliphatic rings. The number of β-lactam (4-membered cyclic amide) rings is 1. The van der Waals surface area contributed by atoms with Gasteiger partial charge in [0.25, 0.3) is 5.91 Å². The maximum absolute atomic E-state index is 12.4. The Labute approximate surface area is 177 Å². The van der Waals surface area contributed by atoms with Crippen LogP contribution in [0, 0.1) is 0 Å². The minimum atomic E-state index is -2.05. The van der Waals surface area contributed by atoms with Crippen molar-refractivity contribution in [2.75, 3.05) is 5.75 Å². The number of nitrogens with one attached hydrogen (secondary N) is 1. The molecule has 3 unspecified atom stereocenters. The highest BCUT2D eigenvalue weighted by Crippen LogP contribution is 2.33. The Kier molecular flexibility index (Phi) is 7.11. The average Bonchev–Trinajstić information content (AvgIpc) is 3.15. The molecule has 0 spiro atoms. The molecule has 3 N–H and O–H groups in total. The molecule has 2 saturated heterocycles. The molecule has 30 heavy (non-hydrogen) atoms. The highest BCUT2D eigenvalue weighted by molar-refractivity contribution is 8.00. The summed E-state index contributed by atoms with van der Waals surface area (Å²) < 4.78 is 5.54. The van der Waals surface area contributed by atoms with Crippen LogP contribution in [-0.2, 0) is 30.3 Å². The summed E-state index contributed by atoms with van der Waals surface area (Å²) in [6.07, 6.45) is -1.11. The molecule has 2 aliphatic heterocycles. The van der Waals surface area contributed by atoms with Crippen molar-refractivity contribution in [2.45, 2.75) is 56.0 Å². The van der Waals surface area contributed by atoms with Crippen molar-refractivity contribution >= 4 is 35.3 Å². The van der Waals surface area contributed by atoms with E-state index in [2.05, 4.69) is 5.32 Å². The fourth-order valence-electron chi connectivity index (χ4n) is 3.48. The van der Waals surface area contributed by atoms with E-state index in [1.165, 1.54) is 0 Å². The number of nitrogens with zero attached hydrogens (tertiary/aromatic N) is 1. The molecule has 2 amide bonds. The number of aliphatic hydroxyl groups is 1.